The summed E-state index contributed by atoms with van der Waals surface area (Å²) in [6.45, 7) is 4.55. The van der Waals surface area contributed by atoms with Gasteiger partial charge in [0.2, 0.25) is 0 Å². The summed E-state index contributed by atoms with van der Waals surface area (Å²) in [7, 11) is 0. The van der Waals surface area contributed by atoms with Crippen LogP contribution in [0, 0.1) is 0 Å². The fraction of sp³-hybridized carbons (Fsp3) is 0.125. The first-order valence-electron chi connectivity index (χ1n) is 11.9. The molecule has 0 aliphatic carbocycles. The molecular formula is C32H27N. The average molecular weight is 426 g/mol. The first kappa shape index (κ1) is 19.8. The van der Waals surface area contributed by atoms with Crippen LogP contribution in [0.4, 0.5) is 17.1 Å². The lowest BCUT2D eigenvalue weighted by atomic mass is 9.91. The predicted molar refractivity (Wildman–Crippen MR) is 142 cm³/mol. The van der Waals surface area contributed by atoms with Crippen molar-refractivity contribution in [3.8, 4) is 22.3 Å². The van der Waals surface area contributed by atoms with Crippen molar-refractivity contribution in [1.29, 1.82) is 0 Å². The van der Waals surface area contributed by atoms with Gasteiger partial charge >= 0.3 is 0 Å². The number of anilines is 3. The van der Waals surface area contributed by atoms with E-state index in [0.29, 0.717) is 5.92 Å². The van der Waals surface area contributed by atoms with Crippen molar-refractivity contribution in [3.63, 3.8) is 0 Å². The van der Waals surface area contributed by atoms with Crippen molar-refractivity contribution in [2.75, 3.05) is 4.90 Å². The van der Waals surface area contributed by atoms with Gasteiger partial charge in [0.1, 0.15) is 0 Å². The monoisotopic (exact) mass is 425 g/mol. The molecule has 1 unspecified atom stereocenters. The van der Waals surface area contributed by atoms with Crippen molar-refractivity contribution in [2.45, 2.75) is 26.2 Å². The van der Waals surface area contributed by atoms with Gasteiger partial charge in [-0.25, -0.2) is 0 Å². The zero-order chi connectivity index (χ0) is 22.4. The zero-order valence-electron chi connectivity index (χ0n) is 19.1. The molecule has 0 N–H and O–H groups in total. The minimum Gasteiger partial charge on any atom is -0.309 e. The smallest absolute Gasteiger partial charge is 0.0540 e. The van der Waals surface area contributed by atoms with E-state index in [9.17, 15) is 0 Å². The maximum atomic E-state index is 2.43. The van der Waals surface area contributed by atoms with Crippen LogP contribution in [0.3, 0.4) is 0 Å². The topological polar surface area (TPSA) is 3.24 Å². The molecule has 160 valence electrons. The molecule has 0 radical (unpaired) electrons. The van der Waals surface area contributed by atoms with Gasteiger partial charge in [-0.1, -0.05) is 86.6 Å². The summed E-state index contributed by atoms with van der Waals surface area (Å²) in [4.78, 5) is 2.43. The van der Waals surface area contributed by atoms with E-state index in [0.717, 1.165) is 6.42 Å². The maximum absolute atomic E-state index is 2.43. The van der Waals surface area contributed by atoms with Crippen molar-refractivity contribution in [3.05, 3.63) is 115 Å². The number of rotatable bonds is 3. The standard InChI is InChI=1S/C32H27N/c1-3-22(2)23-16-18-26(19-17-23)33-31-14-8-6-12-27(31)29-20-24-10-4-5-11-25(24)21-30(29)28-13-7-9-15-32(28)33/h4-22H,3H2,1-2H3. The van der Waals surface area contributed by atoms with E-state index in [1.54, 1.807) is 0 Å². The Bertz CT molecular complexity index is 1380. The Kier molecular flexibility index (Phi) is 4.77. The van der Waals surface area contributed by atoms with Crippen LogP contribution in [0.1, 0.15) is 31.7 Å². The normalized spacial score (nSPS) is 13.1. The first-order chi connectivity index (χ1) is 16.2. The summed E-state index contributed by atoms with van der Waals surface area (Å²) in [5.74, 6) is 0.569. The third kappa shape index (κ3) is 3.24. The second kappa shape index (κ2) is 7.94. The summed E-state index contributed by atoms with van der Waals surface area (Å²) in [6.07, 6.45) is 1.15. The summed E-state index contributed by atoms with van der Waals surface area (Å²) >= 11 is 0. The molecular weight excluding hydrogens is 398 g/mol. The van der Waals surface area contributed by atoms with Crippen LogP contribution >= 0.6 is 0 Å². The Morgan fingerprint density at radius 2 is 1.06 bits per heavy atom. The molecule has 0 fully saturated rings. The summed E-state index contributed by atoms with van der Waals surface area (Å²) < 4.78 is 0. The molecule has 0 spiro atoms. The van der Waals surface area contributed by atoms with Gasteiger partial charge in [-0.05, 0) is 76.2 Å². The lowest BCUT2D eigenvalue weighted by Gasteiger charge is -2.27. The summed E-state index contributed by atoms with van der Waals surface area (Å²) in [5.41, 5.74) is 10.1. The van der Waals surface area contributed by atoms with Crippen LogP contribution < -0.4 is 4.90 Å². The highest BCUT2D eigenvalue weighted by Gasteiger charge is 2.26. The van der Waals surface area contributed by atoms with Crippen LogP contribution in [-0.4, -0.2) is 0 Å². The highest BCUT2D eigenvalue weighted by molar-refractivity contribution is 6.06. The predicted octanol–water partition coefficient (Wildman–Crippen LogP) is 9.47. The number of hydrogen-bond donors (Lipinski definition) is 0. The van der Waals surface area contributed by atoms with Gasteiger partial charge in [0.15, 0.2) is 0 Å². The molecule has 0 amide bonds. The van der Waals surface area contributed by atoms with Crippen LogP contribution in [0.25, 0.3) is 33.0 Å². The van der Waals surface area contributed by atoms with Gasteiger partial charge in [-0.3, -0.25) is 0 Å². The number of fused-ring (bicyclic) bond motifs is 6. The molecule has 0 saturated carbocycles. The molecule has 33 heavy (non-hydrogen) atoms. The van der Waals surface area contributed by atoms with Crippen LogP contribution in [0.15, 0.2) is 109 Å². The van der Waals surface area contributed by atoms with Gasteiger partial charge in [0.25, 0.3) is 0 Å². The minimum absolute atomic E-state index is 0.569. The average Bonchev–Trinajstić information content (AvgIpc) is 3.00. The number of nitrogens with zero attached hydrogens (tertiary/aromatic N) is 1. The minimum atomic E-state index is 0.569. The Morgan fingerprint density at radius 1 is 0.576 bits per heavy atom. The van der Waals surface area contributed by atoms with Gasteiger partial charge < -0.3 is 4.90 Å². The molecule has 0 saturated heterocycles. The number of para-hydroxylation sites is 2. The van der Waals surface area contributed by atoms with E-state index in [4.69, 9.17) is 0 Å². The molecule has 1 heteroatoms. The lowest BCUT2D eigenvalue weighted by Crippen LogP contribution is -2.11. The molecule has 5 aromatic carbocycles. The quantitative estimate of drug-likeness (QED) is 0.273. The van der Waals surface area contributed by atoms with Gasteiger partial charge in [0, 0.05) is 16.8 Å². The van der Waals surface area contributed by atoms with Crippen LogP contribution in [-0.2, 0) is 0 Å². The molecule has 1 aliphatic heterocycles. The molecule has 1 aliphatic rings. The SMILES string of the molecule is CCC(C)c1ccc(N2c3ccccc3-c3cc4ccccc4cc3-c3ccccc32)cc1. The number of hydrogen-bond acceptors (Lipinski definition) is 1. The third-order valence-electron chi connectivity index (χ3n) is 7.09. The van der Waals surface area contributed by atoms with E-state index in [1.807, 2.05) is 0 Å². The van der Waals surface area contributed by atoms with Crippen LogP contribution in [0.2, 0.25) is 0 Å². The Labute approximate surface area is 195 Å². The Morgan fingerprint density at radius 3 is 1.58 bits per heavy atom. The van der Waals surface area contributed by atoms with Crippen molar-refractivity contribution >= 4 is 27.8 Å². The van der Waals surface area contributed by atoms with Crippen molar-refractivity contribution < 1.29 is 0 Å². The van der Waals surface area contributed by atoms with E-state index in [-0.39, 0.29) is 0 Å². The second-order valence-corrected chi connectivity index (χ2v) is 9.02. The molecule has 0 aromatic heterocycles. The fourth-order valence-electron chi connectivity index (χ4n) is 5.07. The molecule has 5 aromatic rings. The summed E-state index contributed by atoms with van der Waals surface area (Å²) in [5, 5.41) is 2.55. The second-order valence-electron chi connectivity index (χ2n) is 9.02. The van der Waals surface area contributed by atoms with Gasteiger partial charge in [-0.2, -0.15) is 0 Å². The highest BCUT2D eigenvalue weighted by Crippen LogP contribution is 2.51. The Hall–Kier alpha value is -3.84. The summed E-state index contributed by atoms with van der Waals surface area (Å²) in [6, 6.07) is 40.1. The molecule has 0 bridgehead atoms. The van der Waals surface area contributed by atoms with E-state index >= 15 is 0 Å². The Balaban J connectivity index is 1.65. The van der Waals surface area contributed by atoms with Gasteiger partial charge in [0.05, 0.1) is 11.4 Å². The van der Waals surface area contributed by atoms with Crippen molar-refractivity contribution in [1.82, 2.24) is 0 Å². The maximum Gasteiger partial charge on any atom is 0.0540 e. The fourth-order valence-corrected chi connectivity index (χ4v) is 5.07. The van der Waals surface area contributed by atoms with E-state index in [2.05, 4.69) is 128 Å². The molecule has 1 atom stereocenters. The van der Waals surface area contributed by atoms with E-state index in [1.165, 1.54) is 55.7 Å². The lowest BCUT2D eigenvalue weighted by molar-refractivity contribution is 0.733. The number of benzene rings is 5. The van der Waals surface area contributed by atoms with Crippen molar-refractivity contribution in [2.24, 2.45) is 0 Å². The largest absolute Gasteiger partial charge is 0.309 e. The highest BCUT2D eigenvalue weighted by atomic mass is 15.1. The molecule has 1 heterocycles. The first-order valence-corrected chi connectivity index (χ1v) is 11.9. The zero-order valence-corrected chi connectivity index (χ0v) is 19.1. The third-order valence-corrected chi connectivity index (χ3v) is 7.09. The van der Waals surface area contributed by atoms with Gasteiger partial charge in [-0.15, -0.1) is 0 Å². The van der Waals surface area contributed by atoms with Crippen LogP contribution in [0.5, 0.6) is 0 Å². The molecule has 1 nitrogen and oxygen atoms in total. The van der Waals surface area contributed by atoms with E-state index < -0.39 is 0 Å². The molecule has 6 rings (SSSR count).